The zero-order valence-electron chi connectivity index (χ0n) is 17.3. The molecule has 2 aromatic rings. The standard InChI is InChI=1S/C22H24N2O6S/c1-3-21(26)24-14(2)12-15-13-16(8-9-19(15)24)31(29,30)11-10-20(25)23-18-7-5-4-6-17(18)22(27)28/h4-9,13-14H,3,10-12H2,1-2H3,(H,23,25)(H,27,28). The third-order valence-corrected chi connectivity index (χ3v) is 6.94. The lowest BCUT2D eigenvalue weighted by Crippen LogP contribution is -2.35. The first-order chi connectivity index (χ1) is 14.6. The molecular weight excluding hydrogens is 420 g/mol. The molecule has 0 spiro atoms. The minimum absolute atomic E-state index is 0.0137. The molecule has 1 unspecified atom stereocenters. The largest absolute Gasteiger partial charge is 0.478 e. The quantitative estimate of drug-likeness (QED) is 0.677. The molecule has 2 N–H and O–H groups in total. The summed E-state index contributed by atoms with van der Waals surface area (Å²) in [7, 11) is -3.74. The highest BCUT2D eigenvalue weighted by molar-refractivity contribution is 7.91. The number of para-hydroxylation sites is 1. The van der Waals surface area contributed by atoms with Crippen LogP contribution in [0.3, 0.4) is 0 Å². The van der Waals surface area contributed by atoms with Crippen LogP contribution in [0.4, 0.5) is 11.4 Å². The average Bonchev–Trinajstić information content (AvgIpc) is 3.07. The second-order valence-electron chi connectivity index (χ2n) is 7.43. The molecular formula is C22H24N2O6S. The Morgan fingerprint density at radius 1 is 1.16 bits per heavy atom. The van der Waals surface area contributed by atoms with Crippen molar-refractivity contribution in [1.29, 1.82) is 0 Å². The summed E-state index contributed by atoms with van der Waals surface area (Å²) in [6, 6.07) is 10.5. The summed E-state index contributed by atoms with van der Waals surface area (Å²) in [5.41, 5.74) is 1.55. The number of aromatic carboxylic acids is 1. The molecule has 3 rings (SSSR count). The van der Waals surface area contributed by atoms with Crippen molar-refractivity contribution in [3.05, 3.63) is 53.6 Å². The van der Waals surface area contributed by atoms with Crippen molar-refractivity contribution in [3.8, 4) is 0 Å². The van der Waals surface area contributed by atoms with Crippen molar-refractivity contribution in [2.75, 3.05) is 16.0 Å². The van der Waals surface area contributed by atoms with Crippen LogP contribution in [-0.4, -0.2) is 43.1 Å². The molecule has 0 fully saturated rings. The number of hydrogen-bond donors (Lipinski definition) is 2. The van der Waals surface area contributed by atoms with Crippen molar-refractivity contribution in [1.82, 2.24) is 0 Å². The number of carboxylic acids is 1. The second kappa shape index (κ2) is 8.89. The number of anilines is 2. The van der Waals surface area contributed by atoms with Crippen LogP contribution in [-0.2, 0) is 25.8 Å². The van der Waals surface area contributed by atoms with E-state index < -0.39 is 27.5 Å². The highest BCUT2D eigenvalue weighted by atomic mass is 32.2. The van der Waals surface area contributed by atoms with Gasteiger partial charge in [-0.3, -0.25) is 9.59 Å². The maximum absolute atomic E-state index is 12.8. The Balaban J connectivity index is 1.71. The first kappa shape index (κ1) is 22.5. The maximum atomic E-state index is 12.8. The molecule has 8 nitrogen and oxygen atoms in total. The number of fused-ring (bicyclic) bond motifs is 1. The van der Waals surface area contributed by atoms with E-state index in [1.807, 2.05) is 6.92 Å². The number of nitrogens with one attached hydrogen (secondary N) is 1. The molecule has 0 saturated heterocycles. The number of hydrogen-bond acceptors (Lipinski definition) is 5. The van der Waals surface area contributed by atoms with Gasteiger partial charge in [-0.1, -0.05) is 19.1 Å². The normalized spacial score (nSPS) is 15.4. The van der Waals surface area contributed by atoms with Gasteiger partial charge in [-0.15, -0.1) is 0 Å². The summed E-state index contributed by atoms with van der Waals surface area (Å²) in [5.74, 6) is -2.21. The van der Waals surface area contributed by atoms with Crippen molar-refractivity contribution in [2.45, 2.75) is 44.0 Å². The maximum Gasteiger partial charge on any atom is 0.337 e. The third kappa shape index (κ3) is 4.77. The van der Waals surface area contributed by atoms with Gasteiger partial charge in [0.25, 0.3) is 0 Å². The van der Waals surface area contributed by atoms with E-state index in [0.29, 0.717) is 12.8 Å². The number of benzene rings is 2. The predicted molar refractivity (Wildman–Crippen MR) is 116 cm³/mol. The van der Waals surface area contributed by atoms with E-state index in [9.17, 15) is 27.9 Å². The Kier molecular flexibility index (Phi) is 6.45. The second-order valence-corrected chi connectivity index (χ2v) is 9.54. The van der Waals surface area contributed by atoms with E-state index in [1.165, 1.54) is 24.3 Å². The van der Waals surface area contributed by atoms with Gasteiger partial charge in [0.1, 0.15) is 0 Å². The molecule has 0 saturated carbocycles. The van der Waals surface area contributed by atoms with Gasteiger partial charge in [0, 0.05) is 24.6 Å². The number of sulfone groups is 1. The van der Waals surface area contributed by atoms with E-state index in [1.54, 1.807) is 30.0 Å². The lowest BCUT2D eigenvalue weighted by atomic mass is 10.1. The Hall–Kier alpha value is -3.20. The minimum atomic E-state index is -3.74. The van der Waals surface area contributed by atoms with Crippen LogP contribution in [0, 0.1) is 0 Å². The summed E-state index contributed by atoms with van der Waals surface area (Å²) in [6.07, 6.45) is 0.616. The van der Waals surface area contributed by atoms with Crippen molar-refractivity contribution < 1.29 is 27.9 Å². The molecule has 0 aromatic heterocycles. The van der Waals surface area contributed by atoms with Crippen molar-refractivity contribution in [2.24, 2.45) is 0 Å². The van der Waals surface area contributed by atoms with Gasteiger partial charge in [-0.25, -0.2) is 13.2 Å². The first-order valence-electron chi connectivity index (χ1n) is 9.94. The summed E-state index contributed by atoms with van der Waals surface area (Å²) >= 11 is 0. The Morgan fingerprint density at radius 2 is 1.87 bits per heavy atom. The number of nitrogens with zero attached hydrogens (tertiary/aromatic N) is 1. The van der Waals surface area contributed by atoms with Crippen LogP contribution in [0.15, 0.2) is 47.4 Å². The summed E-state index contributed by atoms with van der Waals surface area (Å²) < 4.78 is 25.5. The Labute approximate surface area is 180 Å². The summed E-state index contributed by atoms with van der Waals surface area (Å²) in [5, 5.41) is 11.6. The zero-order valence-corrected chi connectivity index (χ0v) is 18.1. The SMILES string of the molecule is CCC(=O)N1c2ccc(S(=O)(=O)CCC(=O)Nc3ccccc3C(=O)O)cc2CC1C. The Morgan fingerprint density at radius 3 is 2.55 bits per heavy atom. The molecule has 0 bridgehead atoms. The van der Waals surface area contributed by atoms with E-state index in [2.05, 4.69) is 5.32 Å². The number of amides is 2. The lowest BCUT2D eigenvalue weighted by molar-refractivity contribution is -0.118. The molecule has 1 aliphatic rings. The summed E-state index contributed by atoms with van der Waals surface area (Å²) in [4.78, 5) is 37.5. The lowest BCUT2D eigenvalue weighted by Gasteiger charge is -2.22. The third-order valence-electron chi connectivity index (χ3n) is 5.23. The molecule has 1 atom stereocenters. The van der Waals surface area contributed by atoms with Crippen LogP contribution in [0.2, 0.25) is 0 Å². The van der Waals surface area contributed by atoms with Gasteiger partial charge >= 0.3 is 5.97 Å². The fourth-order valence-corrected chi connectivity index (χ4v) is 4.97. The average molecular weight is 445 g/mol. The topological polar surface area (TPSA) is 121 Å². The van der Waals surface area contributed by atoms with Gasteiger partial charge in [0.05, 0.1) is 21.9 Å². The molecule has 2 amide bonds. The van der Waals surface area contributed by atoms with Gasteiger partial charge in [-0.2, -0.15) is 0 Å². The monoisotopic (exact) mass is 444 g/mol. The molecule has 2 aromatic carbocycles. The van der Waals surface area contributed by atoms with Gasteiger partial charge in [0.15, 0.2) is 9.84 Å². The van der Waals surface area contributed by atoms with Crippen LogP contribution in [0.1, 0.15) is 42.6 Å². The minimum Gasteiger partial charge on any atom is -0.478 e. The number of rotatable bonds is 7. The van der Waals surface area contributed by atoms with Gasteiger partial charge in [-0.05, 0) is 49.2 Å². The molecule has 1 aliphatic heterocycles. The summed E-state index contributed by atoms with van der Waals surface area (Å²) in [6.45, 7) is 3.70. The predicted octanol–water partition coefficient (Wildman–Crippen LogP) is 2.87. The highest BCUT2D eigenvalue weighted by Crippen LogP contribution is 2.34. The van der Waals surface area contributed by atoms with E-state index >= 15 is 0 Å². The smallest absolute Gasteiger partial charge is 0.337 e. The van der Waals surface area contributed by atoms with Gasteiger partial charge in [0.2, 0.25) is 11.8 Å². The van der Waals surface area contributed by atoms with E-state index in [0.717, 1.165) is 11.3 Å². The number of carboxylic acid groups (broad SMARTS) is 1. The molecule has 9 heteroatoms. The van der Waals surface area contributed by atoms with E-state index in [-0.39, 0.29) is 34.5 Å². The molecule has 1 heterocycles. The molecule has 164 valence electrons. The molecule has 31 heavy (non-hydrogen) atoms. The van der Waals surface area contributed by atoms with E-state index in [4.69, 9.17) is 0 Å². The van der Waals surface area contributed by atoms with Crippen molar-refractivity contribution >= 4 is 39.0 Å². The number of carbonyl (C=O) groups is 3. The van der Waals surface area contributed by atoms with Crippen LogP contribution < -0.4 is 10.2 Å². The van der Waals surface area contributed by atoms with Crippen molar-refractivity contribution in [3.63, 3.8) is 0 Å². The number of carbonyl (C=O) groups excluding carboxylic acids is 2. The fourth-order valence-electron chi connectivity index (χ4n) is 3.69. The van der Waals surface area contributed by atoms with Crippen LogP contribution >= 0.6 is 0 Å². The molecule has 0 radical (unpaired) electrons. The Bertz CT molecular complexity index is 1140. The first-order valence-corrected chi connectivity index (χ1v) is 11.6. The molecule has 0 aliphatic carbocycles. The van der Waals surface area contributed by atoms with Gasteiger partial charge < -0.3 is 15.3 Å². The van der Waals surface area contributed by atoms with Crippen LogP contribution in [0.5, 0.6) is 0 Å². The highest BCUT2D eigenvalue weighted by Gasteiger charge is 2.31. The van der Waals surface area contributed by atoms with Crippen LogP contribution in [0.25, 0.3) is 0 Å². The fraction of sp³-hybridized carbons (Fsp3) is 0.318. The zero-order chi connectivity index (χ0) is 22.8.